The van der Waals surface area contributed by atoms with E-state index < -0.39 is 0 Å². The number of rotatable bonds is 7. The molecule has 41 heavy (non-hydrogen) atoms. The molecule has 2 N–H and O–H groups in total. The van der Waals surface area contributed by atoms with Gasteiger partial charge in [-0.25, -0.2) is 0 Å². The SMILES string of the molecule is CC1(C)C(NC(=O)c2ccc(N3CCN(CC4CCNCC4)CC3)cc2)C(C)(C)C1Oc1ccc(C#N)c(Cl)c1.Cl. The molecule has 2 aromatic rings. The Morgan fingerprint density at radius 1 is 1.05 bits per heavy atom. The van der Waals surface area contributed by atoms with E-state index in [4.69, 9.17) is 21.6 Å². The summed E-state index contributed by atoms with van der Waals surface area (Å²) in [5, 5.41) is 16.3. The van der Waals surface area contributed by atoms with Crippen molar-refractivity contribution in [2.45, 2.75) is 52.7 Å². The van der Waals surface area contributed by atoms with Crippen LogP contribution in [0.5, 0.6) is 5.75 Å². The molecule has 0 bridgehead atoms. The molecular weight excluding hydrogens is 557 g/mol. The van der Waals surface area contributed by atoms with Gasteiger partial charge in [-0.15, -0.1) is 12.4 Å². The summed E-state index contributed by atoms with van der Waals surface area (Å²) in [5.74, 6) is 1.39. The fraction of sp³-hybridized carbons (Fsp3) is 0.562. The van der Waals surface area contributed by atoms with E-state index in [0.29, 0.717) is 21.9 Å². The fourth-order valence-corrected chi connectivity index (χ4v) is 7.46. The third kappa shape index (κ3) is 6.62. The van der Waals surface area contributed by atoms with Crippen LogP contribution >= 0.6 is 24.0 Å². The normalized spacial score (nSPS) is 24.0. The minimum atomic E-state index is -0.298. The Labute approximate surface area is 256 Å². The van der Waals surface area contributed by atoms with Crippen LogP contribution in [-0.2, 0) is 0 Å². The molecule has 2 saturated heterocycles. The lowest BCUT2D eigenvalue weighted by molar-refractivity contribution is -0.164. The lowest BCUT2D eigenvalue weighted by Gasteiger charge is -2.63. The molecule has 0 atom stereocenters. The summed E-state index contributed by atoms with van der Waals surface area (Å²) in [6.07, 6.45) is 2.45. The predicted molar refractivity (Wildman–Crippen MR) is 167 cm³/mol. The number of nitrogens with zero attached hydrogens (tertiary/aromatic N) is 3. The molecule has 5 rings (SSSR count). The second kappa shape index (κ2) is 12.8. The van der Waals surface area contributed by atoms with Crippen LogP contribution in [0.3, 0.4) is 0 Å². The van der Waals surface area contributed by atoms with Crippen LogP contribution in [-0.4, -0.2) is 68.8 Å². The molecular formula is C32H43Cl2N5O2. The summed E-state index contributed by atoms with van der Waals surface area (Å²) in [5.41, 5.74) is 1.67. The Bertz CT molecular complexity index is 1230. The number of anilines is 1. The van der Waals surface area contributed by atoms with E-state index in [0.717, 1.165) is 45.2 Å². The first-order valence-corrected chi connectivity index (χ1v) is 14.9. The highest BCUT2D eigenvalue weighted by atomic mass is 35.5. The molecule has 2 heterocycles. The van der Waals surface area contributed by atoms with Gasteiger partial charge in [-0.1, -0.05) is 39.3 Å². The van der Waals surface area contributed by atoms with E-state index >= 15 is 0 Å². The molecule has 1 saturated carbocycles. The number of benzene rings is 2. The maximum atomic E-state index is 13.3. The highest BCUT2D eigenvalue weighted by Crippen LogP contribution is 2.55. The lowest BCUT2D eigenvalue weighted by atomic mass is 9.49. The standard InChI is InChI=1S/C32H42ClN5O2.ClH/c1-31(2)29(32(3,4)30(31)40-26-10-7-24(20-34)27(33)19-26)36-28(39)23-5-8-25(9-6-23)38-17-15-37(16-18-38)21-22-11-13-35-14-12-22;/h5-10,19,22,29-30,35H,11-18,21H2,1-4H3,(H,36,39);1H. The van der Waals surface area contributed by atoms with Gasteiger partial charge in [0.05, 0.1) is 10.6 Å². The van der Waals surface area contributed by atoms with Crippen LogP contribution in [0.4, 0.5) is 5.69 Å². The first kappa shape index (κ1) is 31.4. The monoisotopic (exact) mass is 599 g/mol. The van der Waals surface area contributed by atoms with Gasteiger partial charge >= 0.3 is 0 Å². The molecule has 2 aliphatic heterocycles. The topological polar surface area (TPSA) is 80.6 Å². The van der Waals surface area contributed by atoms with E-state index in [1.165, 1.54) is 25.1 Å². The zero-order valence-corrected chi connectivity index (χ0v) is 26.2. The summed E-state index contributed by atoms with van der Waals surface area (Å²) in [6.45, 7) is 16.2. The highest BCUT2D eigenvalue weighted by Gasteiger charge is 2.64. The van der Waals surface area contributed by atoms with Crippen LogP contribution in [0.15, 0.2) is 42.5 Å². The Hall–Kier alpha value is -2.50. The second-order valence-electron chi connectivity index (χ2n) is 12.8. The minimum Gasteiger partial charge on any atom is -0.489 e. The summed E-state index contributed by atoms with van der Waals surface area (Å²) in [4.78, 5) is 18.3. The third-order valence-electron chi connectivity index (χ3n) is 9.27. The number of carbonyl (C=O) groups excluding carboxylic acids is 1. The number of nitrogens with one attached hydrogen (secondary N) is 2. The van der Waals surface area contributed by atoms with Gasteiger partial charge in [0.2, 0.25) is 0 Å². The smallest absolute Gasteiger partial charge is 0.251 e. The number of piperidine rings is 1. The number of hydrogen-bond acceptors (Lipinski definition) is 6. The van der Waals surface area contributed by atoms with Crippen molar-refractivity contribution in [3.05, 3.63) is 58.6 Å². The lowest BCUT2D eigenvalue weighted by Crippen LogP contribution is -2.74. The van der Waals surface area contributed by atoms with Crippen LogP contribution < -0.4 is 20.3 Å². The van der Waals surface area contributed by atoms with Crippen molar-refractivity contribution in [3.8, 4) is 11.8 Å². The molecule has 7 nitrogen and oxygen atoms in total. The molecule has 0 spiro atoms. The van der Waals surface area contributed by atoms with E-state index in [9.17, 15) is 4.79 Å². The van der Waals surface area contributed by atoms with Gasteiger partial charge < -0.3 is 20.3 Å². The van der Waals surface area contributed by atoms with Gasteiger partial charge in [-0.2, -0.15) is 5.26 Å². The fourth-order valence-electron chi connectivity index (χ4n) is 7.25. The van der Waals surface area contributed by atoms with E-state index in [1.807, 2.05) is 12.1 Å². The average molecular weight is 601 g/mol. The average Bonchev–Trinajstić information content (AvgIpc) is 2.95. The van der Waals surface area contributed by atoms with Crippen LogP contribution in [0, 0.1) is 28.1 Å². The Kier molecular flexibility index (Phi) is 9.81. The van der Waals surface area contributed by atoms with Gasteiger partial charge in [0, 0.05) is 66.9 Å². The van der Waals surface area contributed by atoms with E-state index in [2.05, 4.69) is 66.3 Å². The van der Waals surface area contributed by atoms with Crippen molar-refractivity contribution in [3.63, 3.8) is 0 Å². The van der Waals surface area contributed by atoms with Gasteiger partial charge in [0.15, 0.2) is 0 Å². The van der Waals surface area contributed by atoms with Crippen molar-refractivity contribution in [1.29, 1.82) is 5.26 Å². The Balaban J connectivity index is 0.00000387. The Morgan fingerprint density at radius 2 is 1.68 bits per heavy atom. The quantitative estimate of drug-likeness (QED) is 0.445. The molecule has 0 radical (unpaired) electrons. The number of nitriles is 1. The first-order valence-electron chi connectivity index (χ1n) is 14.5. The van der Waals surface area contributed by atoms with E-state index in [1.54, 1.807) is 18.2 Å². The summed E-state index contributed by atoms with van der Waals surface area (Å²) >= 11 is 6.22. The van der Waals surface area contributed by atoms with Crippen molar-refractivity contribution in [1.82, 2.24) is 15.5 Å². The first-order chi connectivity index (χ1) is 19.1. The van der Waals surface area contributed by atoms with Crippen LogP contribution in [0.1, 0.15) is 56.5 Å². The van der Waals surface area contributed by atoms with Gasteiger partial charge in [0.25, 0.3) is 5.91 Å². The number of hydrogen-bond donors (Lipinski definition) is 2. The maximum Gasteiger partial charge on any atom is 0.251 e. The molecule has 1 amide bonds. The summed E-state index contributed by atoms with van der Waals surface area (Å²) in [6, 6.07) is 15.2. The second-order valence-corrected chi connectivity index (χ2v) is 13.2. The number of amides is 1. The third-order valence-corrected chi connectivity index (χ3v) is 9.58. The molecule has 0 aromatic heterocycles. The number of halogens is 2. The van der Waals surface area contributed by atoms with Gasteiger partial charge in [0.1, 0.15) is 17.9 Å². The van der Waals surface area contributed by atoms with Crippen molar-refractivity contribution >= 4 is 35.6 Å². The number of piperazine rings is 1. The summed E-state index contributed by atoms with van der Waals surface area (Å²) < 4.78 is 6.35. The molecule has 3 fully saturated rings. The molecule has 1 aliphatic carbocycles. The molecule has 2 aromatic carbocycles. The zero-order valence-electron chi connectivity index (χ0n) is 24.6. The van der Waals surface area contributed by atoms with Crippen molar-refractivity contribution in [2.24, 2.45) is 16.7 Å². The minimum absolute atomic E-state index is 0. The number of carbonyl (C=O) groups is 1. The number of ether oxygens (including phenoxy) is 1. The molecule has 0 unspecified atom stereocenters. The summed E-state index contributed by atoms with van der Waals surface area (Å²) in [7, 11) is 0. The zero-order chi connectivity index (χ0) is 28.5. The van der Waals surface area contributed by atoms with Crippen LogP contribution in [0.25, 0.3) is 0 Å². The van der Waals surface area contributed by atoms with Crippen molar-refractivity contribution in [2.75, 3.05) is 50.7 Å². The maximum absolute atomic E-state index is 13.3. The highest BCUT2D eigenvalue weighted by molar-refractivity contribution is 6.31. The largest absolute Gasteiger partial charge is 0.489 e. The Morgan fingerprint density at radius 3 is 2.27 bits per heavy atom. The van der Waals surface area contributed by atoms with Crippen molar-refractivity contribution < 1.29 is 9.53 Å². The van der Waals surface area contributed by atoms with Gasteiger partial charge in [-0.3, -0.25) is 9.69 Å². The van der Waals surface area contributed by atoms with Crippen LogP contribution in [0.2, 0.25) is 5.02 Å². The predicted octanol–water partition coefficient (Wildman–Crippen LogP) is 5.37. The molecule has 222 valence electrons. The van der Waals surface area contributed by atoms with E-state index in [-0.39, 0.29) is 41.3 Å². The molecule has 3 aliphatic rings. The van der Waals surface area contributed by atoms with Gasteiger partial charge in [-0.05, 0) is 68.2 Å². The molecule has 9 heteroatoms.